The van der Waals surface area contributed by atoms with Gasteiger partial charge in [0, 0.05) is 16.3 Å². The number of carbonyl (C=O) groups is 2. The number of carbonyl (C=O) groups excluding carboxylic acids is 2. The van der Waals surface area contributed by atoms with E-state index in [4.69, 9.17) is 11.6 Å². The minimum Gasteiger partial charge on any atom is -0.463 e. The van der Waals surface area contributed by atoms with Crippen molar-refractivity contribution in [3.8, 4) is 5.75 Å². The summed E-state index contributed by atoms with van der Waals surface area (Å²) in [5.41, 5.74) is -4.52. The summed E-state index contributed by atoms with van der Waals surface area (Å²) >= 11 is 5.75. The van der Waals surface area contributed by atoms with Crippen molar-refractivity contribution >= 4 is 29.2 Å². The Balaban J connectivity index is 2.45. The van der Waals surface area contributed by atoms with Crippen LogP contribution in [0.1, 0.15) is 17.3 Å². The maximum absolute atomic E-state index is 14.1. The van der Waals surface area contributed by atoms with Gasteiger partial charge in [-0.2, -0.15) is 13.2 Å². The van der Waals surface area contributed by atoms with Crippen LogP contribution in [0.5, 0.6) is 5.75 Å². The lowest BCUT2D eigenvalue weighted by molar-refractivity contribution is -0.274. The summed E-state index contributed by atoms with van der Waals surface area (Å²) in [6.45, 7) is 0.796. The highest BCUT2D eigenvalue weighted by molar-refractivity contribution is 6.31. The zero-order chi connectivity index (χ0) is 24.2. The quantitative estimate of drug-likeness (QED) is 0.332. The highest BCUT2D eigenvalue weighted by Crippen LogP contribution is 2.34. The fraction of sp³-hybridized carbons (Fsp3) is 0.263. The monoisotopic (exact) mass is 484 g/mol. The molecule has 0 radical (unpaired) electrons. The SMILES string of the molecule is CCOC(=O)[C@@](NC(=O)c1cccc(Cl)c1)(Nc1ccc(OC(F)(F)F)cc1)C(F)(F)F. The van der Waals surface area contributed by atoms with Gasteiger partial charge in [-0.1, -0.05) is 17.7 Å². The number of alkyl halides is 6. The van der Waals surface area contributed by atoms with E-state index < -0.39 is 48.1 Å². The van der Waals surface area contributed by atoms with Crippen molar-refractivity contribution in [3.63, 3.8) is 0 Å². The molecule has 1 amide bonds. The molecule has 0 saturated heterocycles. The van der Waals surface area contributed by atoms with Crippen molar-refractivity contribution in [2.45, 2.75) is 25.1 Å². The van der Waals surface area contributed by atoms with E-state index in [9.17, 15) is 35.9 Å². The zero-order valence-electron chi connectivity index (χ0n) is 16.1. The third-order valence-electron chi connectivity index (χ3n) is 3.81. The van der Waals surface area contributed by atoms with Crippen LogP contribution in [0.4, 0.5) is 32.0 Å². The van der Waals surface area contributed by atoms with Crippen LogP contribution < -0.4 is 15.4 Å². The van der Waals surface area contributed by atoms with Crippen molar-refractivity contribution in [2.75, 3.05) is 11.9 Å². The number of amides is 1. The van der Waals surface area contributed by atoms with E-state index in [0.717, 1.165) is 36.4 Å². The second-order valence-corrected chi connectivity index (χ2v) is 6.57. The van der Waals surface area contributed by atoms with Gasteiger partial charge in [0.2, 0.25) is 0 Å². The summed E-state index contributed by atoms with van der Waals surface area (Å²) in [6.07, 6.45) is -10.4. The maximum atomic E-state index is 14.1. The number of hydrogen-bond donors (Lipinski definition) is 2. The molecule has 6 nitrogen and oxygen atoms in total. The molecule has 0 heterocycles. The van der Waals surface area contributed by atoms with Crippen LogP contribution in [0.2, 0.25) is 5.02 Å². The number of benzene rings is 2. The van der Waals surface area contributed by atoms with E-state index in [2.05, 4.69) is 9.47 Å². The first-order valence-corrected chi connectivity index (χ1v) is 9.11. The molecular formula is C19H15ClF6N2O4. The van der Waals surface area contributed by atoms with Crippen molar-refractivity contribution in [1.29, 1.82) is 0 Å². The standard InChI is InChI=1S/C19H15ClF6N2O4/c1-2-31-16(30)17(18(21,22)23,28-15(29)11-4-3-5-12(20)10-11)27-13-6-8-14(9-7-13)32-19(24,25)26/h3-10,27H,2H2,1H3,(H,28,29)/t17-/m0/s1. The average molecular weight is 485 g/mol. The molecule has 0 aliphatic rings. The molecule has 0 saturated carbocycles. The molecule has 13 heteroatoms. The second kappa shape index (κ2) is 9.55. The van der Waals surface area contributed by atoms with E-state index >= 15 is 0 Å². The molecule has 2 aromatic carbocycles. The molecule has 0 aliphatic carbocycles. The molecule has 0 fully saturated rings. The Morgan fingerprint density at radius 2 is 1.62 bits per heavy atom. The van der Waals surface area contributed by atoms with E-state index in [1.54, 1.807) is 5.32 Å². The van der Waals surface area contributed by atoms with Crippen molar-refractivity contribution < 1.29 is 45.4 Å². The number of nitrogens with one attached hydrogen (secondary N) is 2. The summed E-state index contributed by atoms with van der Waals surface area (Å²) in [5, 5.41) is 3.46. The minimum atomic E-state index is -5.44. The normalized spacial score (nSPS) is 13.6. The lowest BCUT2D eigenvalue weighted by Crippen LogP contribution is -2.69. The molecule has 0 bridgehead atoms. The smallest absolute Gasteiger partial charge is 0.463 e. The molecule has 174 valence electrons. The highest BCUT2D eigenvalue weighted by Gasteiger charge is 2.63. The van der Waals surface area contributed by atoms with Gasteiger partial charge < -0.3 is 20.1 Å². The van der Waals surface area contributed by atoms with Crippen LogP contribution in [-0.2, 0) is 9.53 Å². The van der Waals surface area contributed by atoms with Crippen molar-refractivity contribution in [3.05, 3.63) is 59.1 Å². The van der Waals surface area contributed by atoms with Gasteiger partial charge in [0.1, 0.15) is 5.75 Å². The Kier molecular flexibility index (Phi) is 7.50. The van der Waals surface area contributed by atoms with Crippen molar-refractivity contribution in [1.82, 2.24) is 5.32 Å². The molecule has 32 heavy (non-hydrogen) atoms. The molecule has 2 rings (SSSR count). The lowest BCUT2D eigenvalue weighted by atomic mass is 10.1. The third kappa shape index (κ3) is 6.19. The third-order valence-corrected chi connectivity index (χ3v) is 4.05. The van der Waals surface area contributed by atoms with Gasteiger partial charge in [0.05, 0.1) is 6.61 Å². The average Bonchev–Trinajstić information content (AvgIpc) is 2.67. The number of halogens is 7. The van der Waals surface area contributed by atoms with Crippen LogP contribution in [0.3, 0.4) is 0 Å². The van der Waals surface area contributed by atoms with Crippen molar-refractivity contribution in [2.24, 2.45) is 0 Å². The van der Waals surface area contributed by atoms with E-state index in [-0.39, 0.29) is 10.6 Å². The second-order valence-electron chi connectivity index (χ2n) is 6.13. The van der Waals surface area contributed by atoms with Gasteiger partial charge in [0.15, 0.2) is 0 Å². The van der Waals surface area contributed by atoms with Gasteiger partial charge in [-0.25, -0.2) is 4.79 Å². The van der Waals surface area contributed by atoms with E-state index in [1.165, 1.54) is 19.1 Å². The summed E-state index contributed by atoms with van der Waals surface area (Å²) in [7, 11) is 0. The topological polar surface area (TPSA) is 76.7 Å². The Hall–Kier alpha value is -3.15. The Morgan fingerprint density at radius 1 is 1.00 bits per heavy atom. The molecule has 0 aliphatic heterocycles. The molecule has 2 N–H and O–H groups in total. The Labute approximate surface area is 182 Å². The molecule has 2 aromatic rings. The largest absolute Gasteiger partial charge is 0.573 e. The number of hydrogen-bond acceptors (Lipinski definition) is 5. The molecule has 1 atom stereocenters. The van der Waals surface area contributed by atoms with Crippen LogP contribution in [0, 0.1) is 0 Å². The minimum absolute atomic E-state index is 0.0552. The maximum Gasteiger partial charge on any atom is 0.573 e. The number of rotatable bonds is 7. The Bertz CT molecular complexity index is 966. The fourth-order valence-electron chi connectivity index (χ4n) is 2.46. The first-order chi connectivity index (χ1) is 14.8. The van der Waals surface area contributed by atoms with E-state index in [1.807, 2.05) is 5.32 Å². The number of esters is 1. The van der Waals surface area contributed by atoms with Gasteiger partial charge >= 0.3 is 24.2 Å². The van der Waals surface area contributed by atoms with Crippen LogP contribution >= 0.6 is 11.6 Å². The predicted molar refractivity (Wildman–Crippen MR) is 101 cm³/mol. The summed E-state index contributed by atoms with van der Waals surface area (Å²) in [4.78, 5) is 24.9. The first-order valence-electron chi connectivity index (χ1n) is 8.73. The van der Waals surface area contributed by atoms with Gasteiger partial charge in [-0.15, -0.1) is 13.2 Å². The van der Waals surface area contributed by atoms with Crippen LogP contribution in [0.15, 0.2) is 48.5 Å². The summed E-state index contributed by atoms with van der Waals surface area (Å²) in [5.74, 6) is -3.92. The Morgan fingerprint density at radius 3 is 2.12 bits per heavy atom. The van der Waals surface area contributed by atoms with Crippen LogP contribution in [0.25, 0.3) is 0 Å². The predicted octanol–water partition coefficient (Wildman–Crippen LogP) is 4.90. The highest BCUT2D eigenvalue weighted by atomic mass is 35.5. The van der Waals surface area contributed by atoms with Gasteiger partial charge in [-0.05, 0) is 49.4 Å². The van der Waals surface area contributed by atoms with E-state index in [0.29, 0.717) is 0 Å². The fourth-order valence-corrected chi connectivity index (χ4v) is 2.65. The molecule has 0 aromatic heterocycles. The zero-order valence-corrected chi connectivity index (χ0v) is 16.9. The van der Waals surface area contributed by atoms with Gasteiger partial charge in [-0.3, -0.25) is 4.79 Å². The summed E-state index contributed by atoms with van der Waals surface area (Å²) < 4.78 is 87.4. The first kappa shape index (κ1) is 25.1. The molecular weight excluding hydrogens is 470 g/mol. The lowest BCUT2D eigenvalue weighted by Gasteiger charge is -2.35. The number of ether oxygens (including phenoxy) is 2. The van der Waals surface area contributed by atoms with Crippen LogP contribution in [-0.4, -0.2) is 36.7 Å². The molecule has 0 unspecified atom stereocenters. The summed E-state index contributed by atoms with van der Waals surface area (Å²) in [6, 6.07) is 7.97. The number of anilines is 1. The van der Waals surface area contributed by atoms with Gasteiger partial charge in [0.25, 0.3) is 5.91 Å². The molecule has 0 spiro atoms.